The van der Waals surface area contributed by atoms with E-state index >= 15 is 0 Å². The van der Waals surface area contributed by atoms with Crippen LogP contribution in [-0.2, 0) is 36.9 Å². The highest BCUT2D eigenvalue weighted by atomic mass is 32.2. The first-order valence-corrected chi connectivity index (χ1v) is 15.8. The molecule has 0 radical (unpaired) electrons. The Morgan fingerprint density at radius 2 is 1.63 bits per heavy atom. The lowest BCUT2D eigenvalue weighted by Crippen LogP contribution is -2.48. The first-order valence-electron chi connectivity index (χ1n) is 14.4. The summed E-state index contributed by atoms with van der Waals surface area (Å²) in [6.07, 6.45) is -4.36. The predicted molar refractivity (Wildman–Crippen MR) is 166 cm³/mol. The fourth-order valence-corrected chi connectivity index (χ4v) is 6.94. The number of amides is 1. The average Bonchev–Trinajstić information content (AvgIpc) is 3.47. The lowest BCUT2D eigenvalue weighted by atomic mass is 10.0. The van der Waals surface area contributed by atoms with Crippen LogP contribution in [0.1, 0.15) is 29.5 Å². The van der Waals surface area contributed by atoms with Crippen molar-refractivity contribution < 1.29 is 40.7 Å². The number of carbonyl (C=O) groups is 2. The number of esters is 1. The van der Waals surface area contributed by atoms with Crippen LogP contribution in [0.3, 0.4) is 0 Å². The summed E-state index contributed by atoms with van der Waals surface area (Å²) < 4.78 is 79.1. The highest BCUT2D eigenvalue weighted by molar-refractivity contribution is 7.93. The average molecular weight is 653 g/mol. The summed E-state index contributed by atoms with van der Waals surface area (Å²) in [5.41, 5.74) is 1.72. The Morgan fingerprint density at radius 3 is 2.30 bits per heavy atom. The number of fused-ring (bicyclic) bond motifs is 1. The van der Waals surface area contributed by atoms with Crippen molar-refractivity contribution in [1.82, 2.24) is 5.32 Å². The molecule has 1 heterocycles. The maximum absolute atomic E-state index is 13.9. The number of hydrogen-bond acceptors (Lipinski definition) is 6. The Morgan fingerprint density at radius 1 is 0.935 bits per heavy atom. The van der Waals surface area contributed by atoms with Crippen LogP contribution in [0.4, 0.5) is 18.9 Å². The molecule has 4 aromatic carbocycles. The standard InChI is InChI=1S/C34H31F3N2O6S/c1-22(33(41)44-2)23-10-14-28(15-11-23)45-19-18-38-32(40)31-21-26-6-3-4-9-30(26)39(31)46(42,43)29-16-12-24(13-17-29)25-7-5-8-27(20-25)34(35,36)37/h3-17,20,22,31H,18-19,21H2,1-2H3,(H,38,40)/t22?,31-/m0/s1. The van der Waals surface area contributed by atoms with Crippen LogP contribution in [0.5, 0.6) is 5.75 Å². The van der Waals surface area contributed by atoms with E-state index in [4.69, 9.17) is 9.47 Å². The number of nitrogens with one attached hydrogen (secondary N) is 1. The summed E-state index contributed by atoms with van der Waals surface area (Å²) in [5, 5.41) is 2.76. The summed E-state index contributed by atoms with van der Waals surface area (Å²) in [6.45, 7) is 1.95. The van der Waals surface area contributed by atoms with E-state index in [0.29, 0.717) is 22.6 Å². The van der Waals surface area contributed by atoms with E-state index in [-0.39, 0.29) is 36.0 Å². The van der Waals surface area contributed by atoms with Crippen LogP contribution >= 0.6 is 0 Å². The number of benzene rings is 4. The monoisotopic (exact) mass is 652 g/mol. The lowest BCUT2D eigenvalue weighted by molar-refractivity contribution is -0.142. The van der Waals surface area contributed by atoms with Crippen LogP contribution in [-0.4, -0.2) is 46.6 Å². The molecule has 46 heavy (non-hydrogen) atoms. The topological polar surface area (TPSA) is 102 Å². The Labute approximate surface area is 264 Å². The van der Waals surface area contributed by atoms with Gasteiger partial charge in [-0.2, -0.15) is 13.2 Å². The van der Waals surface area contributed by atoms with Gasteiger partial charge in [0.15, 0.2) is 0 Å². The van der Waals surface area contributed by atoms with Gasteiger partial charge in [-0.15, -0.1) is 0 Å². The molecule has 0 saturated carbocycles. The lowest BCUT2D eigenvalue weighted by Gasteiger charge is -2.26. The molecular formula is C34H31F3N2O6S. The summed E-state index contributed by atoms with van der Waals surface area (Å²) >= 11 is 0. The van der Waals surface area contributed by atoms with Gasteiger partial charge < -0.3 is 14.8 Å². The highest BCUT2D eigenvalue weighted by Crippen LogP contribution is 2.38. The Bertz CT molecular complexity index is 1830. The minimum atomic E-state index is -4.51. The minimum Gasteiger partial charge on any atom is -0.492 e. The van der Waals surface area contributed by atoms with Gasteiger partial charge in [-0.3, -0.25) is 13.9 Å². The first kappa shape index (κ1) is 32.6. The summed E-state index contributed by atoms with van der Waals surface area (Å²) in [4.78, 5) is 25.0. The van der Waals surface area contributed by atoms with E-state index in [2.05, 4.69) is 5.32 Å². The molecule has 1 unspecified atom stereocenters. The number of ether oxygens (including phenoxy) is 2. The number of alkyl halides is 3. The maximum Gasteiger partial charge on any atom is 0.416 e. The third-order valence-corrected chi connectivity index (χ3v) is 9.60. The number of anilines is 1. The van der Waals surface area contributed by atoms with Crippen molar-refractivity contribution in [3.05, 3.63) is 114 Å². The molecule has 240 valence electrons. The zero-order chi connectivity index (χ0) is 33.1. The van der Waals surface area contributed by atoms with Crippen LogP contribution < -0.4 is 14.4 Å². The van der Waals surface area contributed by atoms with Crippen molar-refractivity contribution in [2.24, 2.45) is 0 Å². The van der Waals surface area contributed by atoms with Crippen molar-refractivity contribution in [3.8, 4) is 16.9 Å². The smallest absolute Gasteiger partial charge is 0.416 e. The summed E-state index contributed by atoms with van der Waals surface area (Å²) in [5.74, 6) is -0.762. The molecule has 0 bridgehead atoms. The second-order valence-corrected chi connectivity index (χ2v) is 12.5. The maximum atomic E-state index is 13.9. The number of methoxy groups -OCH3 is 1. The molecule has 1 aliphatic heterocycles. The highest BCUT2D eigenvalue weighted by Gasteiger charge is 2.42. The molecule has 2 atom stereocenters. The Hall–Kier alpha value is -4.84. The molecule has 1 aliphatic rings. The van der Waals surface area contributed by atoms with Crippen molar-refractivity contribution >= 4 is 27.6 Å². The summed E-state index contributed by atoms with van der Waals surface area (Å²) in [7, 11) is -2.91. The number of rotatable bonds is 10. The number of sulfonamides is 1. The molecule has 1 amide bonds. The number of carbonyl (C=O) groups excluding carboxylic acids is 2. The molecule has 0 saturated heterocycles. The molecule has 0 aliphatic carbocycles. The fraction of sp³-hybridized carbons (Fsp3) is 0.235. The van der Waals surface area contributed by atoms with E-state index in [9.17, 15) is 31.2 Å². The van der Waals surface area contributed by atoms with Gasteiger partial charge in [0.05, 0.1) is 35.7 Å². The fourth-order valence-electron chi connectivity index (χ4n) is 5.29. The van der Waals surface area contributed by atoms with Crippen molar-refractivity contribution in [2.75, 3.05) is 24.6 Å². The molecule has 12 heteroatoms. The van der Waals surface area contributed by atoms with E-state index in [1.165, 1.54) is 43.5 Å². The van der Waals surface area contributed by atoms with Gasteiger partial charge in [-0.25, -0.2) is 8.42 Å². The van der Waals surface area contributed by atoms with Crippen LogP contribution in [0.15, 0.2) is 102 Å². The zero-order valence-electron chi connectivity index (χ0n) is 25.0. The summed E-state index contributed by atoms with van der Waals surface area (Å²) in [6, 6.07) is 23.0. The number of hydrogen-bond donors (Lipinski definition) is 1. The van der Waals surface area contributed by atoms with Gasteiger partial charge >= 0.3 is 12.1 Å². The van der Waals surface area contributed by atoms with Gasteiger partial charge in [0.25, 0.3) is 10.0 Å². The first-order chi connectivity index (χ1) is 21.9. The molecule has 5 rings (SSSR count). The number of nitrogens with zero attached hydrogens (tertiary/aromatic N) is 1. The van der Waals surface area contributed by atoms with Gasteiger partial charge in [-0.05, 0) is 71.6 Å². The molecule has 8 nitrogen and oxygen atoms in total. The largest absolute Gasteiger partial charge is 0.492 e. The van der Waals surface area contributed by atoms with Gasteiger partial charge in [0.2, 0.25) is 5.91 Å². The molecule has 0 aromatic heterocycles. The molecular weight excluding hydrogens is 621 g/mol. The van der Waals surface area contributed by atoms with E-state index in [0.717, 1.165) is 22.0 Å². The quantitative estimate of drug-likeness (QED) is 0.168. The van der Waals surface area contributed by atoms with E-state index < -0.39 is 39.6 Å². The van der Waals surface area contributed by atoms with Crippen molar-refractivity contribution in [3.63, 3.8) is 0 Å². The normalized spacial score (nSPS) is 15.2. The predicted octanol–water partition coefficient (Wildman–Crippen LogP) is 5.96. The molecule has 0 spiro atoms. The molecule has 0 fully saturated rings. The van der Waals surface area contributed by atoms with Gasteiger partial charge in [0.1, 0.15) is 18.4 Å². The number of halogens is 3. The minimum absolute atomic E-state index is 0.103. The van der Waals surface area contributed by atoms with Crippen LogP contribution in [0.2, 0.25) is 0 Å². The molecule has 1 N–H and O–H groups in total. The SMILES string of the molecule is COC(=O)C(C)c1ccc(OCCNC(=O)[C@@H]2Cc3ccccc3N2S(=O)(=O)c2ccc(-c3cccc(C(F)(F)F)c3)cc2)cc1. The van der Waals surface area contributed by atoms with E-state index in [1.807, 2.05) is 0 Å². The third-order valence-electron chi connectivity index (χ3n) is 7.77. The third kappa shape index (κ3) is 6.86. The Balaban J connectivity index is 1.28. The van der Waals surface area contributed by atoms with Crippen molar-refractivity contribution in [1.29, 1.82) is 0 Å². The molecule has 4 aromatic rings. The van der Waals surface area contributed by atoms with Crippen LogP contribution in [0.25, 0.3) is 11.1 Å². The zero-order valence-corrected chi connectivity index (χ0v) is 25.8. The van der Waals surface area contributed by atoms with Gasteiger partial charge in [-0.1, -0.05) is 54.6 Å². The van der Waals surface area contributed by atoms with E-state index in [1.54, 1.807) is 55.5 Å². The van der Waals surface area contributed by atoms with Crippen LogP contribution in [0, 0.1) is 0 Å². The second kappa shape index (κ2) is 13.3. The van der Waals surface area contributed by atoms with Gasteiger partial charge in [0, 0.05) is 6.42 Å². The second-order valence-electron chi connectivity index (χ2n) is 10.7. The van der Waals surface area contributed by atoms with Crippen molar-refractivity contribution in [2.45, 2.75) is 36.4 Å². The Kier molecular flexibility index (Phi) is 9.38. The number of para-hydroxylation sites is 1.